The number of anilines is 3. The molecule has 1 aromatic carbocycles. The van der Waals surface area contributed by atoms with E-state index in [2.05, 4.69) is 36.2 Å². The second-order valence-corrected chi connectivity index (χ2v) is 14.1. The lowest BCUT2D eigenvalue weighted by molar-refractivity contribution is 0.0984. The molecule has 0 fully saturated rings. The highest BCUT2D eigenvalue weighted by molar-refractivity contribution is 7.14. The Labute approximate surface area is 254 Å². The van der Waals surface area contributed by atoms with Gasteiger partial charge in [0.05, 0.1) is 22.8 Å². The smallest absolute Gasteiger partial charge is 0.274 e. The van der Waals surface area contributed by atoms with Gasteiger partial charge in [-0.05, 0) is 78.6 Å². The highest BCUT2D eigenvalue weighted by Gasteiger charge is 2.38. The number of nitrogens with zero attached hydrogens (tertiary/aromatic N) is 5. The van der Waals surface area contributed by atoms with E-state index in [-0.39, 0.29) is 16.9 Å². The molecule has 0 spiro atoms. The lowest BCUT2D eigenvalue weighted by atomic mass is 9.89. The van der Waals surface area contributed by atoms with Crippen LogP contribution in [-0.2, 0) is 45.8 Å². The zero-order chi connectivity index (χ0) is 30.2. The summed E-state index contributed by atoms with van der Waals surface area (Å²) in [6, 6.07) is 6.74. The molecule has 5 heterocycles. The molecule has 3 aliphatic rings. The van der Waals surface area contributed by atoms with Gasteiger partial charge in [0.25, 0.3) is 11.5 Å². The molecule has 224 valence electrons. The Bertz CT molecular complexity index is 1850. The quantitative estimate of drug-likeness (QED) is 0.326. The van der Waals surface area contributed by atoms with Gasteiger partial charge in [-0.1, -0.05) is 20.8 Å². The summed E-state index contributed by atoms with van der Waals surface area (Å²) in [4.78, 5) is 33.2. The van der Waals surface area contributed by atoms with Gasteiger partial charge in [-0.3, -0.25) is 19.2 Å². The van der Waals surface area contributed by atoms with Crippen molar-refractivity contribution in [3.8, 4) is 11.1 Å². The van der Waals surface area contributed by atoms with Crippen LogP contribution >= 0.6 is 11.3 Å². The molecular formula is C33H37FN6O2S. The number of amides is 1. The van der Waals surface area contributed by atoms with Gasteiger partial charge in [0.1, 0.15) is 11.5 Å². The Balaban J connectivity index is 1.25. The number of nitrogens with one attached hydrogen (secondary N) is 1. The number of rotatable bonds is 5. The molecule has 7 rings (SSSR count). The Kier molecular flexibility index (Phi) is 6.63. The fraction of sp³-hybridized carbons (Fsp3) is 0.424. The van der Waals surface area contributed by atoms with Gasteiger partial charge in [-0.15, -0.1) is 11.3 Å². The molecule has 8 nitrogen and oxygen atoms in total. The van der Waals surface area contributed by atoms with E-state index >= 15 is 4.39 Å². The standard InChI is InChI=1S/C33H37FN6O2S/c1-6-22-24(19-11-26(31(41)38(5)17-19)35-29-14-21-18-37(4)9-10-40(21)36-29)12-20(34)13-27(22)39-8-7-23-25-15-33(2,3)16-28(25)43-30(23)32(39)42/h11-14,17H,6-10,15-16,18H2,1-5H3,(H,35,36). The van der Waals surface area contributed by atoms with Crippen LogP contribution in [0, 0.1) is 11.2 Å². The van der Waals surface area contributed by atoms with Crippen LogP contribution in [0.3, 0.4) is 0 Å². The molecule has 43 heavy (non-hydrogen) atoms. The highest BCUT2D eigenvalue weighted by atomic mass is 32.1. The first kappa shape index (κ1) is 28.0. The Morgan fingerprint density at radius 3 is 2.65 bits per heavy atom. The summed E-state index contributed by atoms with van der Waals surface area (Å²) in [6.45, 7) is 9.61. The van der Waals surface area contributed by atoms with Crippen LogP contribution in [0.2, 0.25) is 0 Å². The minimum absolute atomic E-state index is 0.0399. The predicted molar refractivity (Wildman–Crippen MR) is 169 cm³/mol. The van der Waals surface area contributed by atoms with Gasteiger partial charge in [0.15, 0.2) is 5.82 Å². The van der Waals surface area contributed by atoms with E-state index in [9.17, 15) is 9.59 Å². The number of pyridine rings is 1. The van der Waals surface area contributed by atoms with Crippen molar-refractivity contribution in [2.45, 2.75) is 59.5 Å². The lowest BCUT2D eigenvalue weighted by Gasteiger charge is -2.30. The van der Waals surface area contributed by atoms with E-state index in [1.54, 1.807) is 35.5 Å². The van der Waals surface area contributed by atoms with Crippen molar-refractivity contribution < 1.29 is 9.18 Å². The maximum absolute atomic E-state index is 15.4. The predicted octanol–water partition coefficient (Wildman–Crippen LogP) is 5.53. The molecule has 4 aromatic rings. The number of aryl methyl sites for hydroxylation is 1. The number of carbonyl (C=O) groups is 1. The number of aromatic nitrogens is 3. The normalized spacial score (nSPS) is 17.6. The summed E-state index contributed by atoms with van der Waals surface area (Å²) in [6.07, 6.45) is 5.12. The minimum Gasteiger partial charge on any atom is -0.334 e. The van der Waals surface area contributed by atoms with Gasteiger partial charge >= 0.3 is 0 Å². The third-order valence-electron chi connectivity index (χ3n) is 9.10. The zero-order valence-corrected chi connectivity index (χ0v) is 26.2. The van der Waals surface area contributed by atoms with E-state index in [4.69, 9.17) is 0 Å². The molecule has 10 heteroatoms. The molecule has 1 N–H and O–H groups in total. The molecule has 0 atom stereocenters. The first-order chi connectivity index (χ1) is 20.5. The molecule has 0 bridgehead atoms. The summed E-state index contributed by atoms with van der Waals surface area (Å²) in [5.41, 5.74) is 6.92. The van der Waals surface area contributed by atoms with Crippen molar-refractivity contribution in [2.75, 3.05) is 30.4 Å². The molecule has 0 saturated carbocycles. The Morgan fingerprint density at radius 1 is 1.05 bits per heavy atom. The number of thiophene rings is 1. The second kappa shape index (κ2) is 10.2. The largest absolute Gasteiger partial charge is 0.334 e. The number of halogens is 1. The van der Waals surface area contributed by atoms with Crippen molar-refractivity contribution in [3.63, 3.8) is 0 Å². The first-order valence-electron chi connectivity index (χ1n) is 15.0. The van der Waals surface area contributed by atoms with Gasteiger partial charge in [0.2, 0.25) is 0 Å². The third kappa shape index (κ3) is 4.80. The van der Waals surface area contributed by atoms with Crippen LogP contribution in [0.4, 0.5) is 21.6 Å². The van der Waals surface area contributed by atoms with Gasteiger partial charge in [-0.25, -0.2) is 4.39 Å². The van der Waals surface area contributed by atoms with Crippen molar-refractivity contribution >= 4 is 34.4 Å². The molecule has 1 aliphatic carbocycles. The van der Waals surface area contributed by atoms with Gasteiger partial charge in [0, 0.05) is 49.4 Å². The second-order valence-electron chi connectivity index (χ2n) is 13.0. The highest BCUT2D eigenvalue weighted by Crippen LogP contribution is 2.46. The molecular weight excluding hydrogens is 563 g/mol. The van der Waals surface area contributed by atoms with Crippen LogP contribution < -0.4 is 15.8 Å². The van der Waals surface area contributed by atoms with Crippen molar-refractivity contribution in [2.24, 2.45) is 12.5 Å². The number of hydrogen-bond acceptors (Lipinski definition) is 6. The summed E-state index contributed by atoms with van der Waals surface area (Å²) >= 11 is 1.63. The van der Waals surface area contributed by atoms with E-state index in [1.807, 2.05) is 17.7 Å². The topological polar surface area (TPSA) is 75.4 Å². The molecule has 1 amide bonds. The maximum Gasteiger partial charge on any atom is 0.274 e. The average molecular weight is 601 g/mol. The molecule has 0 radical (unpaired) electrons. The van der Waals surface area contributed by atoms with E-state index in [0.29, 0.717) is 41.3 Å². The SMILES string of the molecule is CCc1c(-c2cc(Nc3cc4n(n3)CCN(C)C4)c(=O)n(C)c2)cc(F)cc1N1CCc2c(sc3c2CC(C)(C)C3)C1=O. The van der Waals surface area contributed by atoms with E-state index in [0.717, 1.165) is 55.0 Å². The van der Waals surface area contributed by atoms with Crippen molar-refractivity contribution in [3.05, 3.63) is 78.8 Å². The van der Waals surface area contributed by atoms with Crippen LogP contribution in [0.1, 0.15) is 57.7 Å². The minimum atomic E-state index is -0.412. The fourth-order valence-electron chi connectivity index (χ4n) is 7.03. The molecule has 3 aromatic heterocycles. The number of carbonyl (C=O) groups excluding carboxylic acids is 1. The van der Waals surface area contributed by atoms with Crippen LogP contribution in [0.15, 0.2) is 35.3 Å². The number of benzene rings is 1. The monoisotopic (exact) mass is 600 g/mol. The molecule has 0 unspecified atom stereocenters. The Hall–Kier alpha value is -3.76. The van der Waals surface area contributed by atoms with Crippen molar-refractivity contribution in [1.82, 2.24) is 19.2 Å². The van der Waals surface area contributed by atoms with Gasteiger partial charge in [-0.2, -0.15) is 5.10 Å². The van der Waals surface area contributed by atoms with Crippen LogP contribution in [0.25, 0.3) is 11.1 Å². The maximum atomic E-state index is 15.4. The lowest BCUT2D eigenvalue weighted by Crippen LogP contribution is -2.38. The van der Waals surface area contributed by atoms with E-state index < -0.39 is 5.82 Å². The van der Waals surface area contributed by atoms with Gasteiger partial charge < -0.3 is 14.8 Å². The number of hydrogen-bond donors (Lipinski definition) is 1. The molecule has 2 aliphatic heterocycles. The average Bonchev–Trinajstić information content (AvgIpc) is 3.60. The van der Waals surface area contributed by atoms with Crippen molar-refractivity contribution in [1.29, 1.82) is 0 Å². The number of fused-ring (bicyclic) bond motifs is 4. The fourth-order valence-corrected chi connectivity index (χ4v) is 8.60. The zero-order valence-electron chi connectivity index (χ0n) is 25.4. The van der Waals surface area contributed by atoms with Crippen LogP contribution in [0.5, 0.6) is 0 Å². The number of likely N-dealkylation sites (N-methyl/N-ethyl adjacent to an activating group) is 1. The summed E-state index contributed by atoms with van der Waals surface area (Å²) in [5.74, 6) is 0.156. The summed E-state index contributed by atoms with van der Waals surface area (Å²) < 4.78 is 18.9. The van der Waals surface area contributed by atoms with E-state index in [1.165, 1.54) is 32.7 Å². The Morgan fingerprint density at radius 2 is 1.86 bits per heavy atom. The summed E-state index contributed by atoms with van der Waals surface area (Å²) in [5, 5.41) is 7.88. The first-order valence-corrected chi connectivity index (χ1v) is 15.8. The van der Waals surface area contributed by atoms with Crippen LogP contribution in [-0.4, -0.2) is 45.3 Å². The third-order valence-corrected chi connectivity index (χ3v) is 10.4. The molecule has 0 saturated heterocycles. The summed E-state index contributed by atoms with van der Waals surface area (Å²) in [7, 11) is 3.77.